The van der Waals surface area contributed by atoms with E-state index in [-0.39, 0.29) is 6.04 Å². The summed E-state index contributed by atoms with van der Waals surface area (Å²) in [4.78, 5) is 8.99. The minimum atomic E-state index is -0.0100. The molecule has 17 heavy (non-hydrogen) atoms. The van der Waals surface area contributed by atoms with Crippen LogP contribution in [0.2, 0.25) is 0 Å². The summed E-state index contributed by atoms with van der Waals surface area (Å²) in [6.07, 6.45) is 2.75. The molecule has 4 nitrogen and oxygen atoms in total. The minimum Gasteiger partial charge on any atom is -0.321 e. The van der Waals surface area contributed by atoms with Crippen molar-refractivity contribution < 1.29 is 0 Å². The molecule has 2 N–H and O–H groups in total. The number of hydrogen-bond acceptors (Lipinski definition) is 3. The Morgan fingerprint density at radius 1 is 1.41 bits per heavy atom. The van der Waals surface area contributed by atoms with Gasteiger partial charge in [0.15, 0.2) is 5.65 Å². The maximum atomic E-state index is 6.23. The average molecular weight is 232 g/mol. The molecule has 4 heteroatoms. The van der Waals surface area contributed by atoms with Crippen molar-refractivity contribution >= 4 is 11.2 Å². The van der Waals surface area contributed by atoms with Gasteiger partial charge in [0.05, 0.1) is 6.04 Å². The molecular formula is C13H20N4. The number of nitrogens with two attached hydrogens (primary N) is 1. The van der Waals surface area contributed by atoms with Gasteiger partial charge < -0.3 is 10.3 Å². The normalized spacial score (nSPS) is 13.5. The molecule has 1 unspecified atom stereocenters. The van der Waals surface area contributed by atoms with Crippen molar-refractivity contribution in [2.45, 2.75) is 39.8 Å². The number of aryl methyl sites for hydroxylation is 1. The number of nitrogens with zero attached hydrogens (tertiary/aromatic N) is 3. The van der Waals surface area contributed by atoms with E-state index in [1.165, 1.54) is 0 Å². The summed E-state index contributed by atoms with van der Waals surface area (Å²) in [5.74, 6) is 1.53. The summed E-state index contributed by atoms with van der Waals surface area (Å²) < 4.78 is 2.11. The van der Waals surface area contributed by atoms with Crippen LogP contribution in [0.3, 0.4) is 0 Å². The van der Waals surface area contributed by atoms with Crippen molar-refractivity contribution in [3.8, 4) is 0 Å². The van der Waals surface area contributed by atoms with Gasteiger partial charge in [-0.05, 0) is 31.4 Å². The molecular weight excluding hydrogens is 212 g/mol. The SMILES string of the molecule is CCn1c(C(N)CC(C)C)nc2cccnc21. The van der Waals surface area contributed by atoms with Crippen molar-refractivity contribution in [3.05, 3.63) is 24.2 Å². The zero-order valence-corrected chi connectivity index (χ0v) is 10.7. The summed E-state index contributed by atoms with van der Waals surface area (Å²) >= 11 is 0. The summed E-state index contributed by atoms with van der Waals surface area (Å²) in [7, 11) is 0. The van der Waals surface area contributed by atoms with Crippen molar-refractivity contribution in [1.82, 2.24) is 14.5 Å². The maximum absolute atomic E-state index is 6.23. The van der Waals surface area contributed by atoms with E-state index in [0.717, 1.165) is 30.0 Å². The van der Waals surface area contributed by atoms with Gasteiger partial charge in [0.2, 0.25) is 0 Å². The molecule has 0 aliphatic carbocycles. The first-order valence-electron chi connectivity index (χ1n) is 6.20. The molecule has 2 aromatic heterocycles. The molecule has 0 radical (unpaired) electrons. The van der Waals surface area contributed by atoms with Gasteiger partial charge in [0.25, 0.3) is 0 Å². The predicted octanol–water partition coefficient (Wildman–Crippen LogP) is 2.50. The lowest BCUT2D eigenvalue weighted by atomic mass is 10.0. The van der Waals surface area contributed by atoms with E-state index in [9.17, 15) is 0 Å². The fourth-order valence-electron chi connectivity index (χ4n) is 2.18. The van der Waals surface area contributed by atoms with Gasteiger partial charge in [0, 0.05) is 12.7 Å². The molecule has 0 aliphatic rings. The van der Waals surface area contributed by atoms with E-state index in [0.29, 0.717) is 5.92 Å². The Labute approximate surface area is 102 Å². The van der Waals surface area contributed by atoms with E-state index in [2.05, 4.69) is 35.3 Å². The number of imidazole rings is 1. The lowest BCUT2D eigenvalue weighted by molar-refractivity contribution is 0.479. The van der Waals surface area contributed by atoms with Crippen molar-refractivity contribution in [1.29, 1.82) is 0 Å². The maximum Gasteiger partial charge on any atom is 0.160 e. The van der Waals surface area contributed by atoms with Crippen LogP contribution in [-0.4, -0.2) is 14.5 Å². The molecule has 92 valence electrons. The van der Waals surface area contributed by atoms with Gasteiger partial charge in [-0.15, -0.1) is 0 Å². The first-order chi connectivity index (χ1) is 8.13. The predicted molar refractivity (Wildman–Crippen MR) is 69.6 cm³/mol. The van der Waals surface area contributed by atoms with E-state index in [4.69, 9.17) is 5.73 Å². The van der Waals surface area contributed by atoms with Crippen LogP contribution in [0.4, 0.5) is 0 Å². The van der Waals surface area contributed by atoms with Gasteiger partial charge in [-0.2, -0.15) is 0 Å². The zero-order chi connectivity index (χ0) is 12.4. The van der Waals surface area contributed by atoms with Crippen LogP contribution in [0.15, 0.2) is 18.3 Å². The quantitative estimate of drug-likeness (QED) is 0.881. The Kier molecular flexibility index (Phi) is 3.43. The molecule has 0 saturated carbocycles. The molecule has 0 aliphatic heterocycles. The second kappa shape index (κ2) is 4.84. The highest BCUT2D eigenvalue weighted by Gasteiger charge is 2.17. The van der Waals surface area contributed by atoms with Crippen LogP contribution in [0.1, 0.15) is 39.1 Å². The minimum absolute atomic E-state index is 0.0100. The highest BCUT2D eigenvalue weighted by atomic mass is 15.1. The summed E-state index contributed by atoms with van der Waals surface area (Å²) in [6, 6.07) is 3.89. The summed E-state index contributed by atoms with van der Waals surface area (Å²) in [5.41, 5.74) is 8.09. The van der Waals surface area contributed by atoms with E-state index >= 15 is 0 Å². The molecule has 0 aromatic carbocycles. The third-order valence-electron chi connectivity index (χ3n) is 2.91. The number of fused-ring (bicyclic) bond motifs is 1. The Morgan fingerprint density at radius 2 is 2.18 bits per heavy atom. The molecule has 1 atom stereocenters. The molecule has 0 amide bonds. The molecule has 0 bridgehead atoms. The third-order valence-corrected chi connectivity index (χ3v) is 2.91. The van der Waals surface area contributed by atoms with Crippen LogP contribution in [0, 0.1) is 5.92 Å². The van der Waals surface area contributed by atoms with Crippen molar-refractivity contribution in [2.24, 2.45) is 11.7 Å². The van der Waals surface area contributed by atoms with Crippen molar-refractivity contribution in [3.63, 3.8) is 0 Å². The van der Waals surface area contributed by atoms with E-state index in [1.54, 1.807) is 6.20 Å². The van der Waals surface area contributed by atoms with Crippen molar-refractivity contribution in [2.75, 3.05) is 0 Å². The standard InChI is InChI=1S/C13H20N4/c1-4-17-12(10(14)8-9(2)3)16-11-6-5-7-15-13(11)17/h5-7,9-10H,4,8,14H2,1-3H3. The van der Waals surface area contributed by atoms with Gasteiger partial charge in [0.1, 0.15) is 11.3 Å². The first-order valence-corrected chi connectivity index (χ1v) is 6.20. The van der Waals surface area contributed by atoms with Gasteiger partial charge in [-0.3, -0.25) is 0 Å². The molecule has 2 heterocycles. The van der Waals surface area contributed by atoms with Crippen LogP contribution < -0.4 is 5.73 Å². The number of hydrogen-bond donors (Lipinski definition) is 1. The molecule has 0 saturated heterocycles. The molecule has 2 aromatic rings. The molecule has 0 fully saturated rings. The highest BCUT2D eigenvalue weighted by molar-refractivity contribution is 5.71. The Bertz CT molecular complexity index is 501. The first kappa shape index (κ1) is 12.0. The van der Waals surface area contributed by atoms with Crippen LogP contribution >= 0.6 is 0 Å². The fraction of sp³-hybridized carbons (Fsp3) is 0.538. The molecule has 0 spiro atoms. The van der Waals surface area contributed by atoms with Crippen LogP contribution in [0.25, 0.3) is 11.2 Å². The average Bonchev–Trinajstić information content (AvgIpc) is 2.66. The van der Waals surface area contributed by atoms with Crippen LogP contribution in [-0.2, 0) is 6.54 Å². The highest BCUT2D eigenvalue weighted by Crippen LogP contribution is 2.22. The lowest BCUT2D eigenvalue weighted by Gasteiger charge is -2.14. The van der Waals surface area contributed by atoms with Gasteiger partial charge >= 0.3 is 0 Å². The fourth-order valence-corrected chi connectivity index (χ4v) is 2.18. The Hall–Kier alpha value is -1.42. The Balaban J connectivity index is 2.45. The smallest absolute Gasteiger partial charge is 0.160 e. The zero-order valence-electron chi connectivity index (χ0n) is 10.7. The van der Waals surface area contributed by atoms with E-state index in [1.807, 2.05) is 12.1 Å². The molecule has 2 rings (SSSR count). The van der Waals surface area contributed by atoms with Gasteiger partial charge in [-0.25, -0.2) is 9.97 Å². The number of pyridine rings is 1. The lowest BCUT2D eigenvalue weighted by Crippen LogP contribution is -2.18. The topological polar surface area (TPSA) is 56.7 Å². The summed E-state index contributed by atoms with van der Waals surface area (Å²) in [6.45, 7) is 7.31. The second-order valence-electron chi connectivity index (χ2n) is 4.80. The van der Waals surface area contributed by atoms with Gasteiger partial charge in [-0.1, -0.05) is 13.8 Å². The second-order valence-corrected chi connectivity index (χ2v) is 4.80. The van der Waals surface area contributed by atoms with Crippen LogP contribution in [0.5, 0.6) is 0 Å². The Morgan fingerprint density at radius 3 is 2.82 bits per heavy atom. The summed E-state index contributed by atoms with van der Waals surface area (Å²) in [5, 5.41) is 0. The largest absolute Gasteiger partial charge is 0.321 e. The number of aromatic nitrogens is 3. The van der Waals surface area contributed by atoms with E-state index < -0.39 is 0 Å². The number of rotatable bonds is 4. The monoisotopic (exact) mass is 232 g/mol. The third kappa shape index (κ3) is 2.31.